The molecule has 0 aliphatic rings. The van der Waals surface area contributed by atoms with Crippen molar-refractivity contribution in [2.45, 2.75) is 33.2 Å². The number of nitrogens with zero attached hydrogens (tertiary/aromatic N) is 5. The van der Waals surface area contributed by atoms with Gasteiger partial charge in [-0.3, -0.25) is 4.79 Å². The third-order valence-corrected chi connectivity index (χ3v) is 3.31. The van der Waals surface area contributed by atoms with Crippen LogP contribution in [0.5, 0.6) is 0 Å². The molecule has 0 spiro atoms. The molecule has 1 amide bonds. The zero-order chi connectivity index (χ0) is 17.5. The van der Waals surface area contributed by atoms with E-state index in [-0.39, 0.29) is 18.4 Å². The van der Waals surface area contributed by atoms with Gasteiger partial charge in [-0.25, -0.2) is 10.1 Å². The summed E-state index contributed by atoms with van der Waals surface area (Å²) in [7, 11) is 0. The van der Waals surface area contributed by atoms with Crippen LogP contribution in [-0.4, -0.2) is 32.3 Å². The van der Waals surface area contributed by atoms with Crippen molar-refractivity contribution in [2.75, 3.05) is 5.73 Å². The maximum atomic E-state index is 11.7. The lowest BCUT2D eigenvalue weighted by Crippen LogP contribution is -2.24. The van der Waals surface area contributed by atoms with E-state index < -0.39 is 0 Å². The second-order valence-corrected chi connectivity index (χ2v) is 5.70. The van der Waals surface area contributed by atoms with E-state index in [0.29, 0.717) is 5.92 Å². The van der Waals surface area contributed by atoms with Gasteiger partial charge in [0.1, 0.15) is 6.54 Å². The standard InChI is InChI=1S/C16H21N7O/c1-11(2)14-6-4-13(5-7-14)8-12(3)9-18-19-15(24)10-23-16(17)20-21-22-23/h4-9,11H,10H2,1-3H3,(H,19,24)(H2,17,20,22)/b12-8-,18-9-. The fourth-order valence-electron chi connectivity index (χ4n) is 1.98. The summed E-state index contributed by atoms with van der Waals surface area (Å²) >= 11 is 0. The number of tetrazole rings is 1. The Balaban J connectivity index is 1.88. The predicted molar refractivity (Wildman–Crippen MR) is 93.0 cm³/mol. The quantitative estimate of drug-likeness (QED) is 0.618. The van der Waals surface area contributed by atoms with Gasteiger partial charge in [0.05, 0.1) is 6.21 Å². The van der Waals surface area contributed by atoms with Crippen molar-refractivity contribution in [3.8, 4) is 0 Å². The molecular formula is C16H21N7O. The number of carbonyl (C=O) groups excluding carboxylic acids is 1. The third kappa shape index (κ3) is 5.01. The van der Waals surface area contributed by atoms with Gasteiger partial charge in [0, 0.05) is 0 Å². The van der Waals surface area contributed by atoms with E-state index in [0.717, 1.165) is 11.1 Å². The van der Waals surface area contributed by atoms with E-state index in [4.69, 9.17) is 5.73 Å². The molecule has 0 atom stereocenters. The first-order valence-corrected chi connectivity index (χ1v) is 7.57. The van der Waals surface area contributed by atoms with Gasteiger partial charge in [-0.2, -0.15) is 5.10 Å². The number of aromatic nitrogens is 4. The van der Waals surface area contributed by atoms with Crippen LogP contribution in [0.1, 0.15) is 37.8 Å². The van der Waals surface area contributed by atoms with Crippen molar-refractivity contribution >= 4 is 24.1 Å². The summed E-state index contributed by atoms with van der Waals surface area (Å²) in [6.45, 7) is 6.14. The molecule has 1 aromatic heterocycles. The average Bonchev–Trinajstić information content (AvgIpc) is 2.93. The van der Waals surface area contributed by atoms with Crippen LogP contribution in [0.4, 0.5) is 5.95 Å². The number of allylic oxidation sites excluding steroid dienone is 1. The van der Waals surface area contributed by atoms with Gasteiger partial charge >= 0.3 is 0 Å². The van der Waals surface area contributed by atoms with Crippen LogP contribution < -0.4 is 11.2 Å². The molecule has 2 aromatic rings. The van der Waals surface area contributed by atoms with Gasteiger partial charge in [0.15, 0.2) is 0 Å². The van der Waals surface area contributed by atoms with Crippen molar-refractivity contribution in [3.05, 3.63) is 41.0 Å². The molecule has 8 nitrogen and oxygen atoms in total. The fourth-order valence-corrected chi connectivity index (χ4v) is 1.98. The third-order valence-electron chi connectivity index (χ3n) is 3.31. The van der Waals surface area contributed by atoms with Crippen LogP contribution in [0.25, 0.3) is 6.08 Å². The van der Waals surface area contributed by atoms with Gasteiger partial charge in [0.25, 0.3) is 5.91 Å². The fraction of sp³-hybridized carbons (Fsp3) is 0.312. The van der Waals surface area contributed by atoms with Crippen LogP contribution >= 0.6 is 0 Å². The van der Waals surface area contributed by atoms with E-state index in [1.807, 2.05) is 13.0 Å². The maximum Gasteiger partial charge on any atom is 0.261 e. The molecule has 126 valence electrons. The Morgan fingerprint density at radius 2 is 2.08 bits per heavy atom. The summed E-state index contributed by atoms with van der Waals surface area (Å²) in [5, 5.41) is 14.3. The van der Waals surface area contributed by atoms with Gasteiger partial charge in [0.2, 0.25) is 5.95 Å². The number of hydrogen-bond acceptors (Lipinski definition) is 6. The van der Waals surface area contributed by atoms with Gasteiger partial charge in [-0.1, -0.05) is 49.3 Å². The Bertz CT molecular complexity index is 744. The zero-order valence-corrected chi connectivity index (χ0v) is 14.0. The summed E-state index contributed by atoms with van der Waals surface area (Å²) in [5.74, 6) is 0.226. The van der Waals surface area contributed by atoms with E-state index >= 15 is 0 Å². The van der Waals surface area contributed by atoms with Crippen LogP contribution in [0.3, 0.4) is 0 Å². The Labute approximate surface area is 140 Å². The van der Waals surface area contributed by atoms with E-state index in [9.17, 15) is 4.79 Å². The first kappa shape index (κ1) is 17.3. The van der Waals surface area contributed by atoms with Crippen LogP contribution in [0.2, 0.25) is 0 Å². The molecule has 1 aromatic carbocycles. The molecular weight excluding hydrogens is 306 g/mol. The molecule has 0 saturated carbocycles. The smallest absolute Gasteiger partial charge is 0.261 e. The average molecular weight is 327 g/mol. The highest BCUT2D eigenvalue weighted by atomic mass is 16.2. The predicted octanol–water partition coefficient (Wildman–Crippen LogP) is 1.58. The van der Waals surface area contributed by atoms with Gasteiger partial charge in [-0.05, 0) is 40.0 Å². The monoisotopic (exact) mass is 327 g/mol. The molecule has 0 saturated heterocycles. The van der Waals surface area contributed by atoms with Crippen LogP contribution in [-0.2, 0) is 11.3 Å². The lowest BCUT2D eigenvalue weighted by atomic mass is 10.0. The number of nitrogen functional groups attached to an aromatic ring is 1. The molecule has 0 fully saturated rings. The van der Waals surface area contributed by atoms with E-state index in [1.54, 1.807) is 6.21 Å². The summed E-state index contributed by atoms with van der Waals surface area (Å²) in [5.41, 5.74) is 11.2. The SMILES string of the molecule is CC(/C=N\NC(=O)Cn1nnnc1N)=C/c1ccc(C(C)C)cc1. The normalized spacial score (nSPS) is 12.1. The lowest BCUT2D eigenvalue weighted by molar-refractivity contribution is -0.121. The largest absolute Gasteiger partial charge is 0.367 e. The maximum absolute atomic E-state index is 11.7. The molecule has 8 heteroatoms. The van der Waals surface area contributed by atoms with Gasteiger partial charge in [-0.15, -0.1) is 0 Å². The Morgan fingerprint density at radius 1 is 1.38 bits per heavy atom. The van der Waals surface area contributed by atoms with Crippen molar-refractivity contribution in [2.24, 2.45) is 5.10 Å². The number of amides is 1. The van der Waals surface area contributed by atoms with Gasteiger partial charge < -0.3 is 5.73 Å². The molecule has 2 rings (SSSR count). The molecule has 0 unspecified atom stereocenters. The second-order valence-electron chi connectivity index (χ2n) is 5.70. The number of nitrogens with one attached hydrogen (secondary N) is 1. The Hall–Kier alpha value is -3.03. The number of anilines is 1. The van der Waals surface area contributed by atoms with E-state index in [1.165, 1.54) is 10.2 Å². The minimum atomic E-state index is -0.362. The summed E-state index contributed by atoms with van der Waals surface area (Å²) in [6.07, 6.45) is 3.57. The second kappa shape index (κ2) is 8.00. The molecule has 0 aliphatic carbocycles. The molecule has 24 heavy (non-hydrogen) atoms. The summed E-state index contributed by atoms with van der Waals surface area (Å²) < 4.78 is 1.18. The number of nitrogens with two attached hydrogens (primary N) is 1. The number of rotatable bonds is 6. The molecule has 0 aliphatic heterocycles. The number of benzene rings is 1. The highest BCUT2D eigenvalue weighted by Crippen LogP contribution is 2.15. The number of carbonyl (C=O) groups is 1. The summed E-state index contributed by atoms with van der Waals surface area (Å²) in [4.78, 5) is 11.7. The van der Waals surface area contributed by atoms with Crippen LogP contribution in [0, 0.1) is 0 Å². The molecule has 1 heterocycles. The highest BCUT2D eigenvalue weighted by Gasteiger charge is 2.06. The molecule has 3 N–H and O–H groups in total. The zero-order valence-electron chi connectivity index (χ0n) is 14.0. The minimum absolute atomic E-state index is 0.0788. The number of hydrogen-bond donors (Lipinski definition) is 2. The van der Waals surface area contributed by atoms with E-state index in [2.05, 4.69) is 64.2 Å². The van der Waals surface area contributed by atoms with Crippen LogP contribution in [0.15, 0.2) is 34.9 Å². The first-order valence-electron chi connectivity index (χ1n) is 7.57. The topological polar surface area (TPSA) is 111 Å². The molecule has 0 radical (unpaired) electrons. The van der Waals surface area contributed by atoms with Crippen molar-refractivity contribution < 1.29 is 4.79 Å². The molecule has 0 bridgehead atoms. The lowest BCUT2D eigenvalue weighted by Gasteiger charge is -2.05. The van der Waals surface area contributed by atoms with Crippen molar-refractivity contribution in [3.63, 3.8) is 0 Å². The Kier molecular flexibility index (Phi) is 5.78. The minimum Gasteiger partial charge on any atom is -0.367 e. The van der Waals surface area contributed by atoms with Crippen molar-refractivity contribution in [1.82, 2.24) is 25.6 Å². The number of hydrazone groups is 1. The van der Waals surface area contributed by atoms with Crippen molar-refractivity contribution in [1.29, 1.82) is 0 Å². The Morgan fingerprint density at radius 3 is 2.67 bits per heavy atom. The first-order chi connectivity index (χ1) is 11.5. The summed E-state index contributed by atoms with van der Waals surface area (Å²) in [6, 6.07) is 8.34. The highest BCUT2D eigenvalue weighted by molar-refractivity contribution is 5.86.